The van der Waals surface area contributed by atoms with Crippen LogP contribution >= 0.6 is 11.6 Å². The number of hydrogen-bond donors (Lipinski definition) is 1. The molecule has 3 aromatic rings. The van der Waals surface area contributed by atoms with E-state index in [2.05, 4.69) is 15.4 Å². The van der Waals surface area contributed by atoms with Gasteiger partial charge >= 0.3 is 5.69 Å². The van der Waals surface area contributed by atoms with Gasteiger partial charge in [0.2, 0.25) is 5.91 Å². The minimum atomic E-state index is -0.583. The van der Waals surface area contributed by atoms with Crippen LogP contribution in [-0.2, 0) is 18.4 Å². The van der Waals surface area contributed by atoms with Crippen LogP contribution in [0.3, 0.4) is 0 Å². The zero-order chi connectivity index (χ0) is 18.0. The Morgan fingerprint density at radius 2 is 2.12 bits per heavy atom. The number of amides is 1. The lowest BCUT2D eigenvalue weighted by atomic mass is 10.3. The Kier molecular flexibility index (Phi) is 4.62. The third-order valence-electron chi connectivity index (χ3n) is 3.43. The van der Waals surface area contributed by atoms with Gasteiger partial charge in [-0.15, -0.1) is 5.10 Å². The third-order valence-corrected chi connectivity index (χ3v) is 3.72. The largest absolute Gasteiger partial charge is 0.346 e. The van der Waals surface area contributed by atoms with Crippen LogP contribution in [0.4, 0.5) is 10.1 Å². The van der Waals surface area contributed by atoms with Gasteiger partial charge in [0.25, 0.3) is 0 Å². The first kappa shape index (κ1) is 16.8. The van der Waals surface area contributed by atoms with Crippen LogP contribution in [0.1, 0.15) is 0 Å². The number of pyridine rings is 1. The van der Waals surface area contributed by atoms with Gasteiger partial charge in [0.1, 0.15) is 18.1 Å². The molecule has 128 valence electrons. The average Bonchev–Trinajstić information content (AvgIpc) is 2.87. The van der Waals surface area contributed by atoms with E-state index < -0.39 is 17.4 Å². The van der Waals surface area contributed by atoms with Crippen molar-refractivity contribution < 1.29 is 9.18 Å². The summed E-state index contributed by atoms with van der Waals surface area (Å²) in [4.78, 5) is 28.5. The minimum Gasteiger partial charge on any atom is -0.324 e. The molecule has 2 heterocycles. The number of hydrogen-bond acceptors (Lipinski definition) is 4. The number of carbonyl (C=O) groups is 1. The number of anilines is 1. The highest BCUT2D eigenvalue weighted by molar-refractivity contribution is 6.31. The summed E-state index contributed by atoms with van der Waals surface area (Å²) < 4.78 is 15.5. The van der Waals surface area contributed by atoms with Gasteiger partial charge < -0.3 is 5.32 Å². The average molecular weight is 362 g/mol. The highest BCUT2D eigenvalue weighted by Gasteiger charge is 2.15. The van der Waals surface area contributed by atoms with Crippen molar-refractivity contribution in [3.8, 4) is 11.5 Å². The number of nitrogens with one attached hydrogen (secondary N) is 1. The number of benzene rings is 1. The van der Waals surface area contributed by atoms with Crippen molar-refractivity contribution in [2.45, 2.75) is 6.54 Å². The normalized spacial score (nSPS) is 10.7. The molecule has 1 aromatic carbocycles. The number of carbonyl (C=O) groups excluding carboxylic acids is 1. The van der Waals surface area contributed by atoms with Gasteiger partial charge in [0, 0.05) is 18.9 Å². The van der Waals surface area contributed by atoms with E-state index in [-0.39, 0.29) is 11.6 Å². The lowest BCUT2D eigenvalue weighted by Gasteiger charge is -2.05. The van der Waals surface area contributed by atoms with Crippen LogP contribution in [0.15, 0.2) is 47.4 Å². The molecule has 0 aliphatic rings. The Morgan fingerprint density at radius 3 is 2.80 bits per heavy atom. The smallest absolute Gasteiger partial charge is 0.324 e. The summed E-state index contributed by atoms with van der Waals surface area (Å²) >= 11 is 5.67. The van der Waals surface area contributed by atoms with Gasteiger partial charge in [-0.05, 0) is 30.3 Å². The number of aromatic nitrogens is 4. The van der Waals surface area contributed by atoms with E-state index in [1.165, 1.54) is 16.7 Å². The lowest BCUT2D eigenvalue weighted by Crippen LogP contribution is -2.29. The van der Waals surface area contributed by atoms with Gasteiger partial charge in [-0.2, -0.15) is 0 Å². The molecule has 0 unspecified atom stereocenters. The van der Waals surface area contributed by atoms with Gasteiger partial charge in [-0.25, -0.2) is 13.9 Å². The maximum absolute atomic E-state index is 13.1. The Hall–Kier alpha value is -3.00. The second kappa shape index (κ2) is 6.86. The standard InChI is InChI=1S/C16H13ClFN5O2/c1-22-15(13-4-2-3-7-19-13)21-23(16(22)25)9-14(24)20-10-5-6-12(18)11(17)8-10/h2-8H,9H2,1H3,(H,20,24). The van der Waals surface area contributed by atoms with Gasteiger partial charge in [0.15, 0.2) is 5.82 Å². The molecule has 1 N–H and O–H groups in total. The van der Waals surface area contributed by atoms with Crippen molar-refractivity contribution in [2.24, 2.45) is 7.05 Å². The van der Waals surface area contributed by atoms with Crippen molar-refractivity contribution in [1.29, 1.82) is 0 Å². The first-order chi connectivity index (χ1) is 12.0. The van der Waals surface area contributed by atoms with Crippen molar-refractivity contribution in [1.82, 2.24) is 19.3 Å². The molecular weight excluding hydrogens is 349 g/mol. The molecule has 0 fully saturated rings. The van der Waals surface area contributed by atoms with E-state index in [1.54, 1.807) is 31.4 Å². The second-order valence-corrected chi connectivity index (χ2v) is 5.62. The van der Waals surface area contributed by atoms with E-state index >= 15 is 0 Å². The molecular formula is C16H13ClFN5O2. The van der Waals surface area contributed by atoms with Crippen LogP contribution in [0, 0.1) is 5.82 Å². The molecule has 0 bridgehead atoms. The van der Waals surface area contributed by atoms with Crippen molar-refractivity contribution in [3.63, 3.8) is 0 Å². The molecule has 25 heavy (non-hydrogen) atoms. The van der Waals surface area contributed by atoms with Crippen LogP contribution in [0.5, 0.6) is 0 Å². The Balaban J connectivity index is 1.80. The lowest BCUT2D eigenvalue weighted by molar-refractivity contribution is -0.117. The summed E-state index contributed by atoms with van der Waals surface area (Å²) in [6, 6.07) is 9.04. The molecule has 2 aromatic heterocycles. The molecule has 0 radical (unpaired) electrons. The van der Waals surface area contributed by atoms with E-state index in [0.717, 1.165) is 10.7 Å². The Bertz CT molecular complexity index is 984. The quantitative estimate of drug-likeness (QED) is 0.771. The Labute approximate surface area is 146 Å². The predicted molar refractivity (Wildman–Crippen MR) is 90.7 cm³/mol. The summed E-state index contributed by atoms with van der Waals surface area (Å²) in [6.07, 6.45) is 1.59. The zero-order valence-corrected chi connectivity index (χ0v) is 13.9. The van der Waals surface area contributed by atoms with Crippen molar-refractivity contribution >= 4 is 23.2 Å². The summed E-state index contributed by atoms with van der Waals surface area (Å²) in [5, 5.41) is 6.58. The first-order valence-electron chi connectivity index (χ1n) is 7.26. The highest BCUT2D eigenvalue weighted by atomic mass is 35.5. The van der Waals surface area contributed by atoms with E-state index in [9.17, 15) is 14.0 Å². The monoisotopic (exact) mass is 361 g/mol. The van der Waals surface area contributed by atoms with E-state index in [4.69, 9.17) is 11.6 Å². The third kappa shape index (κ3) is 3.58. The number of rotatable bonds is 4. The summed E-state index contributed by atoms with van der Waals surface area (Å²) in [6.45, 7) is -0.297. The molecule has 0 aliphatic carbocycles. The molecule has 1 amide bonds. The minimum absolute atomic E-state index is 0.106. The molecule has 0 saturated heterocycles. The van der Waals surface area contributed by atoms with Gasteiger partial charge in [-0.3, -0.25) is 14.3 Å². The van der Waals surface area contributed by atoms with Crippen molar-refractivity contribution in [2.75, 3.05) is 5.32 Å². The Morgan fingerprint density at radius 1 is 1.32 bits per heavy atom. The summed E-state index contributed by atoms with van der Waals surface area (Å²) in [5.41, 5.74) is 0.393. The zero-order valence-electron chi connectivity index (χ0n) is 13.1. The molecule has 0 atom stereocenters. The fourth-order valence-electron chi connectivity index (χ4n) is 2.22. The molecule has 0 saturated carbocycles. The van der Waals surface area contributed by atoms with Crippen molar-refractivity contribution in [3.05, 3.63) is 63.9 Å². The number of halogens is 2. The predicted octanol–water partition coefficient (Wildman–Crippen LogP) is 2.07. The highest BCUT2D eigenvalue weighted by Crippen LogP contribution is 2.19. The molecule has 9 heteroatoms. The molecule has 0 spiro atoms. The fourth-order valence-corrected chi connectivity index (χ4v) is 2.40. The molecule has 0 aliphatic heterocycles. The summed E-state index contributed by atoms with van der Waals surface area (Å²) in [5.74, 6) is -0.723. The second-order valence-electron chi connectivity index (χ2n) is 5.21. The first-order valence-corrected chi connectivity index (χ1v) is 7.63. The fraction of sp³-hybridized carbons (Fsp3) is 0.125. The van der Waals surface area contributed by atoms with Crippen LogP contribution in [-0.4, -0.2) is 25.2 Å². The molecule has 3 rings (SSSR count). The maximum atomic E-state index is 13.1. The van der Waals surface area contributed by atoms with Gasteiger partial charge in [0.05, 0.1) is 5.02 Å². The van der Waals surface area contributed by atoms with Gasteiger partial charge in [-0.1, -0.05) is 17.7 Å². The SMILES string of the molecule is Cn1c(-c2ccccn2)nn(CC(=O)Nc2ccc(F)c(Cl)c2)c1=O. The van der Waals surface area contributed by atoms with Crippen LogP contribution in [0.25, 0.3) is 11.5 Å². The summed E-state index contributed by atoms with van der Waals surface area (Å²) in [7, 11) is 1.55. The topological polar surface area (TPSA) is 81.8 Å². The van der Waals surface area contributed by atoms with E-state index in [0.29, 0.717) is 17.2 Å². The maximum Gasteiger partial charge on any atom is 0.346 e. The number of nitrogens with zero attached hydrogens (tertiary/aromatic N) is 4. The van der Waals surface area contributed by atoms with E-state index in [1.807, 2.05) is 0 Å². The van der Waals surface area contributed by atoms with Crippen LogP contribution < -0.4 is 11.0 Å². The van der Waals surface area contributed by atoms with Crippen LogP contribution in [0.2, 0.25) is 5.02 Å². The molecule has 7 nitrogen and oxygen atoms in total.